The van der Waals surface area contributed by atoms with Gasteiger partial charge in [0.15, 0.2) is 5.82 Å². The Balaban J connectivity index is 1.41. The van der Waals surface area contributed by atoms with E-state index < -0.39 is 0 Å². The number of amides is 2. The molecule has 23 heavy (non-hydrogen) atoms. The molecule has 3 fully saturated rings. The number of likely N-dealkylation sites (tertiary alicyclic amines) is 2. The molecule has 2 atom stereocenters. The number of aromatic nitrogens is 2. The number of aryl methyl sites for hydroxylation is 1. The van der Waals surface area contributed by atoms with Gasteiger partial charge in [0.1, 0.15) is 0 Å². The smallest absolute Gasteiger partial charge is 0.228 e. The SMILES string of the molecule is Cc1nc([C@@H]2CCCN(C(=O)[C@H]3CC(=O)N(C4CC4)C3)C2)no1. The fourth-order valence-electron chi connectivity index (χ4n) is 3.76. The number of carbonyl (C=O) groups is 2. The molecule has 0 spiro atoms. The van der Waals surface area contributed by atoms with Crippen LogP contribution in [0.5, 0.6) is 0 Å². The molecule has 7 heteroatoms. The first-order valence-corrected chi connectivity index (χ1v) is 8.50. The van der Waals surface area contributed by atoms with Crippen LogP contribution in [0, 0.1) is 12.8 Å². The summed E-state index contributed by atoms with van der Waals surface area (Å²) in [5.41, 5.74) is 0. The summed E-state index contributed by atoms with van der Waals surface area (Å²) in [6.07, 6.45) is 4.47. The molecular formula is C16H22N4O3. The number of rotatable bonds is 3. The normalized spacial score (nSPS) is 28.5. The van der Waals surface area contributed by atoms with Gasteiger partial charge >= 0.3 is 0 Å². The zero-order valence-corrected chi connectivity index (χ0v) is 13.4. The van der Waals surface area contributed by atoms with Gasteiger partial charge in [-0.05, 0) is 25.7 Å². The molecule has 0 unspecified atom stereocenters. The third-order valence-corrected chi connectivity index (χ3v) is 5.14. The molecule has 2 aliphatic heterocycles. The maximum atomic E-state index is 12.8. The lowest BCUT2D eigenvalue weighted by Crippen LogP contribution is -2.43. The molecule has 1 aliphatic carbocycles. The van der Waals surface area contributed by atoms with Crippen molar-refractivity contribution in [2.75, 3.05) is 19.6 Å². The van der Waals surface area contributed by atoms with E-state index in [2.05, 4.69) is 10.1 Å². The average Bonchev–Trinajstić information content (AvgIpc) is 3.19. The van der Waals surface area contributed by atoms with Crippen molar-refractivity contribution in [1.82, 2.24) is 19.9 Å². The van der Waals surface area contributed by atoms with Crippen LogP contribution in [0.1, 0.15) is 49.7 Å². The second kappa shape index (κ2) is 5.62. The summed E-state index contributed by atoms with van der Waals surface area (Å²) in [5.74, 6) is 1.49. The van der Waals surface area contributed by atoms with E-state index >= 15 is 0 Å². The predicted octanol–water partition coefficient (Wildman–Crippen LogP) is 1.09. The largest absolute Gasteiger partial charge is 0.342 e. The fourth-order valence-corrected chi connectivity index (χ4v) is 3.76. The highest BCUT2D eigenvalue weighted by atomic mass is 16.5. The summed E-state index contributed by atoms with van der Waals surface area (Å²) in [6, 6.07) is 0.400. The monoisotopic (exact) mass is 318 g/mol. The number of nitrogens with zero attached hydrogens (tertiary/aromatic N) is 4. The highest BCUT2D eigenvalue weighted by molar-refractivity contribution is 5.89. The molecule has 0 aromatic carbocycles. The molecule has 7 nitrogen and oxygen atoms in total. The van der Waals surface area contributed by atoms with Crippen LogP contribution in [0.3, 0.4) is 0 Å². The molecular weight excluding hydrogens is 296 g/mol. The van der Waals surface area contributed by atoms with Crippen molar-refractivity contribution in [3.63, 3.8) is 0 Å². The second-order valence-electron chi connectivity index (χ2n) is 6.97. The van der Waals surface area contributed by atoms with Crippen molar-refractivity contribution in [3.8, 4) is 0 Å². The van der Waals surface area contributed by atoms with Crippen LogP contribution >= 0.6 is 0 Å². The quantitative estimate of drug-likeness (QED) is 0.833. The number of piperidine rings is 1. The lowest BCUT2D eigenvalue weighted by Gasteiger charge is -2.33. The number of hydrogen-bond acceptors (Lipinski definition) is 5. The van der Waals surface area contributed by atoms with E-state index in [0.29, 0.717) is 37.3 Å². The Hall–Kier alpha value is -1.92. The molecule has 3 aliphatic rings. The van der Waals surface area contributed by atoms with E-state index in [1.54, 1.807) is 6.92 Å². The first-order chi connectivity index (χ1) is 11.1. The molecule has 0 bridgehead atoms. The summed E-state index contributed by atoms with van der Waals surface area (Å²) in [5, 5.41) is 4.00. The molecule has 124 valence electrons. The summed E-state index contributed by atoms with van der Waals surface area (Å²) >= 11 is 0. The minimum atomic E-state index is -0.172. The summed E-state index contributed by atoms with van der Waals surface area (Å²) < 4.78 is 5.06. The Labute approximate surface area is 135 Å². The van der Waals surface area contributed by atoms with E-state index in [1.807, 2.05) is 9.80 Å². The average molecular weight is 318 g/mol. The molecule has 0 radical (unpaired) electrons. The summed E-state index contributed by atoms with van der Waals surface area (Å²) in [6.45, 7) is 3.77. The summed E-state index contributed by atoms with van der Waals surface area (Å²) in [4.78, 5) is 33.0. The predicted molar refractivity (Wildman–Crippen MR) is 80.4 cm³/mol. The third-order valence-electron chi connectivity index (χ3n) is 5.14. The van der Waals surface area contributed by atoms with E-state index in [-0.39, 0.29) is 23.7 Å². The van der Waals surface area contributed by atoms with Gasteiger partial charge in [0.2, 0.25) is 17.7 Å². The van der Waals surface area contributed by atoms with Gasteiger partial charge in [-0.15, -0.1) is 0 Å². The van der Waals surface area contributed by atoms with Crippen molar-refractivity contribution in [2.24, 2.45) is 5.92 Å². The molecule has 1 aromatic heterocycles. The van der Waals surface area contributed by atoms with Gasteiger partial charge in [0, 0.05) is 44.9 Å². The molecule has 3 heterocycles. The van der Waals surface area contributed by atoms with Crippen LogP contribution in [0.4, 0.5) is 0 Å². The maximum Gasteiger partial charge on any atom is 0.228 e. The highest BCUT2D eigenvalue weighted by Crippen LogP contribution is 2.34. The number of hydrogen-bond donors (Lipinski definition) is 0. The van der Waals surface area contributed by atoms with Crippen LogP contribution in [0.15, 0.2) is 4.52 Å². The molecule has 2 amide bonds. The second-order valence-corrected chi connectivity index (χ2v) is 6.97. The van der Waals surface area contributed by atoms with Crippen LogP contribution < -0.4 is 0 Å². The van der Waals surface area contributed by atoms with Gasteiger partial charge in [-0.3, -0.25) is 9.59 Å². The van der Waals surface area contributed by atoms with Gasteiger partial charge in [-0.1, -0.05) is 5.16 Å². The molecule has 4 rings (SSSR count). The van der Waals surface area contributed by atoms with Crippen LogP contribution in [0.25, 0.3) is 0 Å². The van der Waals surface area contributed by atoms with Gasteiger partial charge in [0.25, 0.3) is 0 Å². The maximum absolute atomic E-state index is 12.8. The number of carbonyl (C=O) groups excluding carboxylic acids is 2. The van der Waals surface area contributed by atoms with E-state index in [9.17, 15) is 9.59 Å². The van der Waals surface area contributed by atoms with Gasteiger partial charge < -0.3 is 14.3 Å². The zero-order chi connectivity index (χ0) is 16.0. The minimum Gasteiger partial charge on any atom is -0.342 e. The van der Waals surface area contributed by atoms with Gasteiger partial charge in [-0.25, -0.2) is 0 Å². The molecule has 0 N–H and O–H groups in total. The van der Waals surface area contributed by atoms with Crippen LogP contribution in [-0.4, -0.2) is 57.4 Å². The topological polar surface area (TPSA) is 79.5 Å². The van der Waals surface area contributed by atoms with Crippen molar-refractivity contribution in [2.45, 2.75) is 51.0 Å². The lowest BCUT2D eigenvalue weighted by atomic mass is 9.95. The van der Waals surface area contributed by atoms with Gasteiger partial charge in [-0.2, -0.15) is 4.98 Å². The Bertz CT molecular complexity index is 625. The van der Waals surface area contributed by atoms with E-state index in [4.69, 9.17) is 4.52 Å². The first kappa shape index (κ1) is 14.7. The van der Waals surface area contributed by atoms with Crippen LogP contribution in [-0.2, 0) is 9.59 Å². The van der Waals surface area contributed by atoms with E-state index in [1.165, 1.54) is 0 Å². The molecule has 2 saturated heterocycles. The van der Waals surface area contributed by atoms with E-state index in [0.717, 1.165) is 32.2 Å². The standard InChI is InChI=1S/C16H22N4O3/c1-10-17-15(18-23-10)11-3-2-6-19(8-11)16(22)12-7-14(21)20(9-12)13-4-5-13/h11-13H,2-9H2,1H3/t11-,12+/m1/s1. The van der Waals surface area contributed by atoms with Crippen LogP contribution in [0.2, 0.25) is 0 Å². The van der Waals surface area contributed by atoms with Crippen molar-refractivity contribution >= 4 is 11.8 Å². The third kappa shape index (κ3) is 2.84. The Morgan fingerprint density at radius 1 is 1.26 bits per heavy atom. The fraction of sp³-hybridized carbons (Fsp3) is 0.750. The minimum absolute atomic E-state index is 0.117. The highest BCUT2D eigenvalue weighted by Gasteiger charge is 2.43. The molecule has 1 aromatic rings. The molecule has 1 saturated carbocycles. The Morgan fingerprint density at radius 3 is 2.78 bits per heavy atom. The lowest BCUT2D eigenvalue weighted by molar-refractivity contribution is -0.137. The summed E-state index contributed by atoms with van der Waals surface area (Å²) in [7, 11) is 0. The Kier molecular flexibility index (Phi) is 3.58. The van der Waals surface area contributed by atoms with Crippen molar-refractivity contribution < 1.29 is 14.1 Å². The first-order valence-electron chi connectivity index (χ1n) is 8.50. The van der Waals surface area contributed by atoms with Crippen molar-refractivity contribution in [1.29, 1.82) is 0 Å². The van der Waals surface area contributed by atoms with Gasteiger partial charge in [0.05, 0.1) is 5.92 Å². The van der Waals surface area contributed by atoms with Crippen molar-refractivity contribution in [3.05, 3.63) is 11.7 Å². The zero-order valence-electron chi connectivity index (χ0n) is 13.4. The Morgan fingerprint density at radius 2 is 2.09 bits per heavy atom.